The fourth-order valence-electron chi connectivity index (χ4n) is 3.74. The molecule has 1 aliphatic rings. The Bertz CT molecular complexity index is 1130. The maximum absolute atomic E-state index is 12.8. The van der Waals surface area contributed by atoms with Crippen LogP contribution in [0.1, 0.15) is 39.1 Å². The van der Waals surface area contributed by atoms with E-state index in [2.05, 4.69) is 38.7 Å². The van der Waals surface area contributed by atoms with Gasteiger partial charge in [-0.1, -0.05) is 36.4 Å². The highest BCUT2D eigenvalue weighted by Gasteiger charge is 2.17. The van der Waals surface area contributed by atoms with Gasteiger partial charge >= 0.3 is 0 Å². The first-order chi connectivity index (χ1) is 16.6. The molecule has 0 bridgehead atoms. The van der Waals surface area contributed by atoms with Crippen LogP contribution in [-0.2, 0) is 11.2 Å². The summed E-state index contributed by atoms with van der Waals surface area (Å²) in [5.74, 6) is 0.220. The summed E-state index contributed by atoms with van der Waals surface area (Å²) in [5.41, 5.74) is 2.72. The second-order valence-electron chi connectivity index (χ2n) is 8.11. The summed E-state index contributed by atoms with van der Waals surface area (Å²) in [6.07, 6.45) is 2.87. The maximum atomic E-state index is 12.8. The number of halogens is 1. The van der Waals surface area contributed by atoms with Crippen molar-refractivity contribution in [3.63, 3.8) is 0 Å². The van der Waals surface area contributed by atoms with Crippen LogP contribution in [0.4, 0.5) is 5.69 Å². The second-order valence-corrected chi connectivity index (χ2v) is 8.96. The Morgan fingerprint density at radius 3 is 2.56 bits per heavy atom. The summed E-state index contributed by atoms with van der Waals surface area (Å²) in [4.78, 5) is 25.2. The minimum atomic E-state index is -0.270. The van der Waals surface area contributed by atoms with Crippen LogP contribution in [0.15, 0.2) is 77.3 Å². The average molecular weight is 523 g/mol. The number of nitrogens with one attached hydrogen (secondary N) is 2. The van der Waals surface area contributed by atoms with Crippen molar-refractivity contribution < 1.29 is 19.1 Å². The van der Waals surface area contributed by atoms with Crippen molar-refractivity contribution in [2.75, 3.05) is 25.1 Å². The van der Waals surface area contributed by atoms with E-state index in [1.165, 1.54) is 5.56 Å². The summed E-state index contributed by atoms with van der Waals surface area (Å²) in [7, 11) is 0. The average Bonchev–Trinajstić information content (AvgIpc) is 3.38. The van der Waals surface area contributed by atoms with Gasteiger partial charge in [-0.05, 0) is 70.7 Å². The Labute approximate surface area is 207 Å². The quantitative estimate of drug-likeness (QED) is 0.403. The largest absolute Gasteiger partial charge is 0.492 e. The van der Waals surface area contributed by atoms with Gasteiger partial charge in [0.1, 0.15) is 5.75 Å². The number of carbonyl (C=O) groups is 2. The zero-order valence-corrected chi connectivity index (χ0v) is 20.3. The first-order valence-corrected chi connectivity index (χ1v) is 12.2. The van der Waals surface area contributed by atoms with E-state index in [-0.39, 0.29) is 17.9 Å². The van der Waals surface area contributed by atoms with E-state index in [4.69, 9.17) is 9.47 Å². The Morgan fingerprint density at radius 1 is 0.971 bits per heavy atom. The van der Waals surface area contributed by atoms with Crippen LogP contribution < -0.4 is 15.4 Å². The van der Waals surface area contributed by atoms with Gasteiger partial charge in [-0.3, -0.25) is 9.59 Å². The molecule has 0 saturated carbocycles. The van der Waals surface area contributed by atoms with Crippen LogP contribution in [-0.4, -0.2) is 37.7 Å². The molecule has 3 aromatic rings. The molecule has 176 valence electrons. The molecule has 0 aliphatic carbocycles. The van der Waals surface area contributed by atoms with E-state index in [1.54, 1.807) is 42.5 Å². The van der Waals surface area contributed by atoms with Crippen molar-refractivity contribution in [2.45, 2.75) is 25.4 Å². The molecule has 2 amide bonds. The van der Waals surface area contributed by atoms with Crippen molar-refractivity contribution >= 4 is 33.4 Å². The minimum absolute atomic E-state index is 0.0792. The molecule has 6 nitrogen and oxygen atoms in total. The van der Waals surface area contributed by atoms with Crippen LogP contribution in [0.3, 0.4) is 0 Å². The molecule has 4 rings (SSSR count). The molecule has 3 aromatic carbocycles. The van der Waals surface area contributed by atoms with Crippen molar-refractivity contribution in [2.24, 2.45) is 0 Å². The molecule has 0 radical (unpaired) electrons. The van der Waals surface area contributed by atoms with Crippen LogP contribution in [0.2, 0.25) is 0 Å². The predicted octanol–water partition coefficient (Wildman–Crippen LogP) is 5.23. The molecule has 1 aliphatic heterocycles. The van der Waals surface area contributed by atoms with E-state index >= 15 is 0 Å². The molecule has 1 unspecified atom stereocenters. The number of hydrogen-bond donors (Lipinski definition) is 2. The standard InChI is InChI=1S/C27H27BrN2O4/c28-24-17-21(11-12-25(24)34-15-13-19-6-2-1-3-7-19)27(32)30-22-9-4-8-20(16-22)26(31)29-18-23-10-5-14-33-23/h1-4,6-9,11-12,16-17,23H,5,10,13-15,18H2,(H,29,31)(H,30,32). The van der Waals surface area contributed by atoms with E-state index in [0.717, 1.165) is 25.9 Å². The number of rotatable bonds is 9. The number of benzene rings is 3. The molecule has 34 heavy (non-hydrogen) atoms. The molecule has 1 saturated heterocycles. The Balaban J connectivity index is 1.31. The zero-order chi connectivity index (χ0) is 23.8. The topological polar surface area (TPSA) is 76.7 Å². The molecule has 7 heteroatoms. The lowest BCUT2D eigenvalue weighted by atomic mass is 10.1. The van der Waals surface area contributed by atoms with E-state index in [9.17, 15) is 9.59 Å². The Hall–Kier alpha value is -3.16. The normalized spacial score (nSPS) is 15.0. The molecule has 0 aromatic heterocycles. The Morgan fingerprint density at radius 2 is 1.79 bits per heavy atom. The van der Waals surface area contributed by atoms with E-state index in [0.29, 0.717) is 40.2 Å². The van der Waals surface area contributed by atoms with Crippen LogP contribution in [0.5, 0.6) is 5.75 Å². The molecule has 1 atom stereocenters. The highest BCUT2D eigenvalue weighted by molar-refractivity contribution is 9.10. The molecule has 1 heterocycles. The number of carbonyl (C=O) groups excluding carboxylic acids is 2. The minimum Gasteiger partial charge on any atom is -0.492 e. The van der Waals surface area contributed by atoms with Gasteiger partial charge in [0.25, 0.3) is 11.8 Å². The van der Waals surface area contributed by atoms with Crippen molar-refractivity contribution in [1.29, 1.82) is 0 Å². The summed E-state index contributed by atoms with van der Waals surface area (Å²) in [5, 5.41) is 5.75. The lowest BCUT2D eigenvalue weighted by molar-refractivity contribution is 0.0857. The van der Waals surface area contributed by atoms with Gasteiger partial charge in [0.2, 0.25) is 0 Å². The summed E-state index contributed by atoms with van der Waals surface area (Å²) in [6, 6.07) is 22.2. The van der Waals surface area contributed by atoms with Crippen LogP contribution in [0.25, 0.3) is 0 Å². The fourth-order valence-corrected chi connectivity index (χ4v) is 4.23. The van der Waals surface area contributed by atoms with Gasteiger partial charge in [-0.2, -0.15) is 0 Å². The summed E-state index contributed by atoms with van der Waals surface area (Å²) in [6.45, 7) is 1.78. The van der Waals surface area contributed by atoms with Crippen LogP contribution >= 0.6 is 15.9 Å². The summed E-state index contributed by atoms with van der Waals surface area (Å²) >= 11 is 3.49. The van der Waals surface area contributed by atoms with Crippen LogP contribution in [0, 0.1) is 0 Å². The smallest absolute Gasteiger partial charge is 0.255 e. The number of hydrogen-bond acceptors (Lipinski definition) is 4. The summed E-state index contributed by atoms with van der Waals surface area (Å²) < 4.78 is 12.1. The molecular formula is C27H27BrN2O4. The van der Waals surface area contributed by atoms with Gasteiger partial charge in [0.15, 0.2) is 0 Å². The number of ether oxygens (including phenoxy) is 2. The highest BCUT2D eigenvalue weighted by Crippen LogP contribution is 2.27. The molecule has 2 N–H and O–H groups in total. The third-order valence-electron chi connectivity index (χ3n) is 5.58. The van der Waals surface area contributed by atoms with Gasteiger partial charge in [0, 0.05) is 36.4 Å². The van der Waals surface area contributed by atoms with Crippen molar-refractivity contribution in [3.8, 4) is 5.75 Å². The maximum Gasteiger partial charge on any atom is 0.255 e. The third kappa shape index (κ3) is 6.68. The zero-order valence-electron chi connectivity index (χ0n) is 18.8. The lowest BCUT2D eigenvalue weighted by Gasteiger charge is -2.12. The van der Waals surface area contributed by atoms with E-state index in [1.807, 2.05) is 18.2 Å². The molecule has 0 spiro atoms. The van der Waals surface area contributed by atoms with Gasteiger partial charge < -0.3 is 20.1 Å². The number of amides is 2. The highest BCUT2D eigenvalue weighted by atomic mass is 79.9. The fraction of sp³-hybridized carbons (Fsp3) is 0.259. The number of anilines is 1. The molecular weight excluding hydrogens is 496 g/mol. The van der Waals surface area contributed by atoms with Gasteiger partial charge in [-0.15, -0.1) is 0 Å². The van der Waals surface area contributed by atoms with E-state index < -0.39 is 0 Å². The first kappa shape index (κ1) is 24.0. The Kier molecular flexibility index (Phi) is 8.33. The van der Waals surface area contributed by atoms with Crippen molar-refractivity contribution in [1.82, 2.24) is 5.32 Å². The lowest BCUT2D eigenvalue weighted by Crippen LogP contribution is -2.31. The first-order valence-electron chi connectivity index (χ1n) is 11.4. The van der Waals surface area contributed by atoms with Crippen molar-refractivity contribution in [3.05, 3.63) is 94.0 Å². The monoisotopic (exact) mass is 522 g/mol. The third-order valence-corrected chi connectivity index (χ3v) is 6.20. The SMILES string of the molecule is O=C(NCC1CCCO1)c1cccc(NC(=O)c2ccc(OCCc3ccccc3)c(Br)c2)c1. The second kappa shape index (κ2) is 11.8. The predicted molar refractivity (Wildman–Crippen MR) is 135 cm³/mol. The van der Waals surface area contributed by atoms with Gasteiger partial charge in [0.05, 0.1) is 17.2 Å². The molecule has 1 fully saturated rings. The van der Waals surface area contributed by atoms with Gasteiger partial charge in [-0.25, -0.2) is 0 Å².